The normalized spacial score (nSPS) is 11.8. The van der Waals surface area contributed by atoms with E-state index in [-0.39, 0.29) is 5.91 Å². The first kappa shape index (κ1) is 11.8. The molecule has 1 aromatic carbocycles. The van der Waals surface area contributed by atoms with Gasteiger partial charge in [-0.2, -0.15) is 4.99 Å². The summed E-state index contributed by atoms with van der Waals surface area (Å²) in [5.74, 6) is -0.180. The fourth-order valence-corrected chi connectivity index (χ4v) is 2.36. The lowest BCUT2D eigenvalue weighted by atomic mass is 10.1. The molecule has 1 aromatic heterocycles. The number of carbonyl (C=O) groups excluding carboxylic acids is 1. The van der Waals surface area contributed by atoms with Crippen LogP contribution in [0.5, 0.6) is 0 Å². The van der Waals surface area contributed by atoms with Gasteiger partial charge in [-0.1, -0.05) is 17.7 Å². The monoisotopic (exact) mass is 246 g/mol. The molecule has 0 saturated heterocycles. The molecule has 0 radical (unpaired) electrons. The Labute approximate surface area is 104 Å². The van der Waals surface area contributed by atoms with Gasteiger partial charge in [-0.3, -0.25) is 4.79 Å². The van der Waals surface area contributed by atoms with Crippen LogP contribution in [0.3, 0.4) is 0 Å². The zero-order valence-corrected chi connectivity index (χ0v) is 10.9. The van der Waals surface area contributed by atoms with Crippen molar-refractivity contribution in [3.63, 3.8) is 0 Å². The van der Waals surface area contributed by atoms with Crippen LogP contribution in [0.2, 0.25) is 0 Å². The van der Waals surface area contributed by atoms with E-state index in [2.05, 4.69) is 4.99 Å². The number of hydrogen-bond acceptors (Lipinski definition) is 2. The van der Waals surface area contributed by atoms with Gasteiger partial charge in [0.15, 0.2) is 4.80 Å². The lowest BCUT2D eigenvalue weighted by molar-refractivity contribution is 0.0997. The molecular formula is C13H14N2OS. The number of nitrogens with zero attached hydrogens (tertiary/aromatic N) is 2. The van der Waals surface area contributed by atoms with Crippen LogP contribution < -0.4 is 4.80 Å². The quantitative estimate of drug-likeness (QED) is 0.761. The molecule has 2 aromatic rings. The molecule has 0 saturated carbocycles. The molecule has 1 heterocycles. The summed E-state index contributed by atoms with van der Waals surface area (Å²) in [6, 6.07) is 5.77. The van der Waals surface area contributed by atoms with E-state index in [1.54, 1.807) is 0 Å². The third kappa shape index (κ3) is 2.53. The summed E-state index contributed by atoms with van der Waals surface area (Å²) in [5.41, 5.74) is 2.79. The second-order valence-electron chi connectivity index (χ2n) is 4.03. The average Bonchev–Trinajstić information content (AvgIpc) is 2.64. The number of carbonyl (C=O) groups is 1. The van der Waals surface area contributed by atoms with E-state index >= 15 is 0 Å². The zero-order chi connectivity index (χ0) is 12.4. The Morgan fingerprint density at radius 3 is 2.71 bits per heavy atom. The van der Waals surface area contributed by atoms with Crippen LogP contribution in [0.1, 0.15) is 21.5 Å². The van der Waals surface area contributed by atoms with Crippen molar-refractivity contribution in [1.29, 1.82) is 0 Å². The van der Waals surface area contributed by atoms with Crippen molar-refractivity contribution in [2.24, 2.45) is 12.0 Å². The van der Waals surface area contributed by atoms with Crippen molar-refractivity contribution >= 4 is 17.2 Å². The predicted molar refractivity (Wildman–Crippen MR) is 69.1 cm³/mol. The number of hydrogen-bond donors (Lipinski definition) is 0. The number of rotatable bonds is 1. The lowest BCUT2D eigenvalue weighted by Gasteiger charge is -2.02. The third-order valence-corrected chi connectivity index (χ3v) is 3.42. The second-order valence-corrected chi connectivity index (χ2v) is 4.90. The molecule has 0 atom stereocenters. The molecule has 0 spiro atoms. The standard InChI is InChI=1S/C13H14N2OS/c1-9-4-5-11(10(2)8-9)12(16)14-13-15(3)6-7-17-13/h4-8H,1-3H3. The van der Waals surface area contributed by atoms with Crippen molar-refractivity contribution in [1.82, 2.24) is 4.57 Å². The van der Waals surface area contributed by atoms with Crippen LogP contribution in [0.25, 0.3) is 0 Å². The molecule has 0 bridgehead atoms. The van der Waals surface area contributed by atoms with Gasteiger partial charge >= 0.3 is 0 Å². The molecule has 1 amide bonds. The van der Waals surface area contributed by atoms with Crippen molar-refractivity contribution in [2.45, 2.75) is 13.8 Å². The van der Waals surface area contributed by atoms with Crippen LogP contribution in [-0.4, -0.2) is 10.5 Å². The minimum Gasteiger partial charge on any atom is -0.327 e. The first-order valence-corrected chi connectivity index (χ1v) is 6.22. The van der Waals surface area contributed by atoms with Gasteiger partial charge in [0, 0.05) is 24.2 Å². The molecule has 0 aliphatic heterocycles. The molecule has 0 aliphatic carbocycles. The van der Waals surface area contributed by atoms with E-state index < -0.39 is 0 Å². The Kier molecular flexibility index (Phi) is 3.24. The summed E-state index contributed by atoms with van der Waals surface area (Å²) in [6.45, 7) is 3.95. The predicted octanol–water partition coefficient (Wildman–Crippen LogP) is 2.44. The fraction of sp³-hybridized carbons (Fsp3) is 0.231. The van der Waals surface area contributed by atoms with E-state index in [0.717, 1.165) is 15.9 Å². The summed E-state index contributed by atoms with van der Waals surface area (Å²) in [4.78, 5) is 16.9. The average molecular weight is 246 g/mol. The van der Waals surface area contributed by atoms with E-state index in [4.69, 9.17) is 0 Å². The topological polar surface area (TPSA) is 34.4 Å². The van der Waals surface area contributed by atoms with E-state index in [1.807, 2.05) is 55.2 Å². The van der Waals surface area contributed by atoms with Crippen molar-refractivity contribution in [2.75, 3.05) is 0 Å². The Morgan fingerprint density at radius 2 is 2.12 bits per heavy atom. The summed E-state index contributed by atoms with van der Waals surface area (Å²) in [5, 5.41) is 1.91. The molecule has 4 heteroatoms. The van der Waals surface area contributed by atoms with Crippen LogP contribution in [-0.2, 0) is 7.05 Å². The smallest absolute Gasteiger partial charge is 0.279 e. The molecule has 3 nitrogen and oxygen atoms in total. The number of amides is 1. The van der Waals surface area contributed by atoms with E-state index in [9.17, 15) is 4.79 Å². The van der Waals surface area contributed by atoms with Crippen LogP contribution in [0.4, 0.5) is 0 Å². The molecular weight excluding hydrogens is 232 g/mol. The summed E-state index contributed by atoms with van der Waals surface area (Å²) >= 11 is 1.46. The van der Waals surface area contributed by atoms with Crippen molar-refractivity contribution in [3.05, 3.63) is 51.3 Å². The summed E-state index contributed by atoms with van der Waals surface area (Å²) < 4.78 is 1.84. The van der Waals surface area contributed by atoms with Gasteiger partial charge in [-0.25, -0.2) is 0 Å². The van der Waals surface area contributed by atoms with Gasteiger partial charge in [0.05, 0.1) is 0 Å². The third-order valence-electron chi connectivity index (χ3n) is 2.57. The highest BCUT2D eigenvalue weighted by atomic mass is 32.1. The highest BCUT2D eigenvalue weighted by molar-refractivity contribution is 7.07. The van der Waals surface area contributed by atoms with Crippen LogP contribution >= 0.6 is 11.3 Å². The largest absolute Gasteiger partial charge is 0.327 e. The fourth-order valence-electron chi connectivity index (χ4n) is 1.64. The second kappa shape index (κ2) is 4.67. The first-order chi connectivity index (χ1) is 8.08. The van der Waals surface area contributed by atoms with Gasteiger partial charge < -0.3 is 4.57 Å². The SMILES string of the molecule is Cc1ccc(C(=O)N=c2sccn2C)c(C)c1. The molecule has 0 fully saturated rings. The van der Waals surface area contributed by atoms with Crippen molar-refractivity contribution in [3.8, 4) is 0 Å². The number of thiazole rings is 1. The first-order valence-electron chi connectivity index (χ1n) is 5.34. The Balaban J connectivity index is 2.43. The van der Waals surface area contributed by atoms with Gasteiger partial charge in [-0.15, -0.1) is 11.3 Å². The molecule has 0 N–H and O–H groups in total. The molecule has 0 unspecified atom stereocenters. The lowest BCUT2D eigenvalue weighted by Crippen LogP contribution is -2.13. The van der Waals surface area contributed by atoms with Crippen LogP contribution in [0, 0.1) is 13.8 Å². The maximum atomic E-state index is 12.0. The zero-order valence-electron chi connectivity index (χ0n) is 10.1. The molecule has 88 valence electrons. The maximum Gasteiger partial charge on any atom is 0.279 e. The van der Waals surface area contributed by atoms with Crippen LogP contribution in [0.15, 0.2) is 34.8 Å². The van der Waals surface area contributed by atoms with Gasteiger partial charge in [0.2, 0.25) is 0 Å². The molecule has 17 heavy (non-hydrogen) atoms. The Hall–Kier alpha value is -1.68. The minimum atomic E-state index is -0.180. The number of aromatic nitrogens is 1. The van der Waals surface area contributed by atoms with Gasteiger partial charge in [0.25, 0.3) is 5.91 Å². The minimum absolute atomic E-state index is 0.180. The highest BCUT2D eigenvalue weighted by Gasteiger charge is 2.07. The number of benzene rings is 1. The maximum absolute atomic E-state index is 12.0. The summed E-state index contributed by atoms with van der Waals surface area (Å²) in [7, 11) is 1.88. The Bertz CT molecular complexity index is 622. The van der Waals surface area contributed by atoms with Gasteiger partial charge in [-0.05, 0) is 25.5 Å². The highest BCUT2D eigenvalue weighted by Crippen LogP contribution is 2.11. The summed E-state index contributed by atoms with van der Waals surface area (Å²) in [6.07, 6.45) is 1.89. The Morgan fingerprint density at radius 1 is 1.35 bits per heavy atom. The van der Waals surface area contributed by atoms with E-state index in [1.165, 1.54) is 11.3 Å². The molecule has 2 rings (SSSR count). The van der Waals surface area contributed by atoms with E-state index in [0.29, 0.717) is 5.56 Å². The number of aryl methyl sites for hydroxylation is 3. The van der Waals surface area contributed by atoms with Crippen molar-refractivity contribution < 1.29 is 4.79 Å². The molecule has 0 aliphatic rings. The van der Waals surface area contributed by atoms with Gasteiger partial charge in [0.1, 0.15) is 0 Å².